The summed E-state index contributed by atoms with van der Waals surface area (Å²) < 4.78 is 20.5. The maximum absolute atomic E-state index is 13.6. The third-order valence-electron chi connectivity index (χ3n) is 2.99. The van der Waals surface area contributed by atoms with Crippen molar-refractivity contribution in [2.75, 3.05) is 0 Å². The molecule has 4 nitrogen and oxygen atoms in total. The quantitative estimate of drug-likeness (QED) is 0.688. The maximum Gasteiger partial charge on any atom is 0.144 e. The van der Waals surface area contributed by atoms with Gasteiger partial charge in [0, 0.05) is 12.1 Å². The minimum absolute atomic E-state index is 0.0422. The van der Waals surface area contributed by atoms with Gasteiger partial charge in [-0.2, -0.15) is 0 Å². The lowest BCUT2D eigenvalue weighted by atomic mass is 10.3. The van der Waals surface area contributed by atoms with Crippen LogP contribution in [0.3, 0.4) is 0 Å². The Balaban J connectivity index is 2.14. The lowest BCUT2D eigenvalue weighted by Crippen LogP contribution is -2.04. The van der Waals surface area contributed by atoms with Gasteiger partial charge in [0.15, 0.2) is 0 Å². The summed E-state index contributed by atoms with van der Waals surface area (Å²) in [5.74, 6) is 1.07. The Morgan fingerprint density at radius 2 is 2.15 bits per heavy atom. The van der Waals surface area contributed by atoms with Crippen molar-refractivity contribution >= 4 is 34.2 Å². The van der Waals surface area contributed by atoms with Crippen LogP contribution in [0.4, 0.5) is 4.39 Å². The van der Waals surface area contributed by atoms with Crippen molar-refractivity contribution in [1.29, 1.82) is 0 Å². The molecule has 3 aromatic rings. The number of aromatic nitrogens is 3. The van der Waals surface area contributed by atoms with Crippen LogP contribution in [0.5, 0.6) is 0 Å². The van der Waals surface area contributed by atoms with Crippen LogP contribution < -0.4 is 0 Å². The zero-order valence-corrected chi connectivity index (χ0v) is 12.0. The van der Waals surface area contributed by atoms with E-state index >= 15 is 0 Å². The topological polar surface area (TPSA) is 43.9 Å². The number of halogens is 3. The van der Waals surface area contributed by atoms with Gasteiger partial charge < -0.3 is 9.09 Å². The van der Waals surface area contributed by atoms with E-state index in [-0.39, 0.29) is 10.9 Å². The van der Waals surface area contributed by atoms with E-state index < -0.39 is 5.82 Å². The van der Waals surface area contributed by atoms with Gasteiger partial charge in [-0.25, -0.2) is 9.37 Å². The fourth-order valence-corrected chi connectivity index (χ4v) is 2.46. The summed E-state index contributed by atoms with van der Waals surface area (Å²) >= 11 is 11.7. The number of fused-ring (bicyclic) bond motifs is 1. The first kappa shape index (κ1) is 13.4. The average molecular weight is 314 g/mol. The third kappa shape index (κ3) is 2.27. The van der Waals surface area contributed by atoms with Gasteiger partial charge in [0.2, 0.25) is 0 Å². The highest BCUT2D eigenvalue weighted by Crippen LogP contribution is 2.25. The lowest BCUT2D eigenvalue weighted by molar-refractivity contribution is 0.389. The summed E-state index contributed by atoms with van der Waals surface area (Å²) in [6.45, 7) is 2.22. The van der Waals surface area contributed by atoms with Gasteiger partial charge in [-0.15, -0.1) is 11.6 Å². The number of benzene rings is 1. The molecular formula is C13H10Cl2FN3O. The average Bonchev–Trinajstić information content (AvgIpc) is 2.96. The molecule has 0 aliphatic heterocycles. The van der Waals surface area contributed by atoms with Crippen LogP contribution in [-0.2, 0) is 12.4 Å². The zero-order valence-electron chi connectivity index (χ0n) is 10.5. The third-order valence-corrected chi connectivity index (χ3v) is 3.51. The predicted molar refractivity (Wildman–Crippen MR) is 74.6 cm³/mol. The number of nitrogens with zero attached hydrogens (tertiary/aromatic N) is 3. The monoisotopic (exact) mass is 313 g/mol. The number of rotatable bonds is 3. The minimum atomic E-state index is -0.488. The van der Waals surface area contributed by atoms with Crippen molar-refractivity contribution in [3.63, 3.8) is 0 Å². The number of aryl methyl sites for hydroxylation is 1. The molecule has 0 saturated heterocycles. The number of hydrogen-bond acceptors (Lipinski definition) is 3. The van der Waals surface area contributed by atoms with Crippen LogP contribution in [-0.4, -0.2) is 14.7 Å². The Morgan fingerprint density at radius 3 is 2.80 bits per heavy atom. The Bertz CT molecular complexity index is 781. The van der Waals surface area contributed by atoms with Gasteiger partial charge in [0.1, 0.15) is 23.1 Å². The van der Waals surface area contributed by atoms with E-state index in [9.17, 15) is 4.39 Å². The van der Waals surface area contributed by atoms with E-state index in [4.69, 9.17) is 27.7 Å². The van der Waals surface area contributed by atoms with Crippen LogP contribution in [0.25, 0.3) is 11.0 Å². The SMILES string of the molecule is Cc1cc(Cn2c(CCl)nc3cc(Cl)c(F)cc32)no1. The first-order valence-electron chi connectivity index (χ1n) is 5.91. The molecule has 3 rings (SSSR count). The summed E-state index contributed by atoms with van der Waals surface area (Å²) in [7, 11) is 0. The van der Waals surface area contributed by atoms with Gasteiger partial charge in [0.05, 0.1) is 28.5 Å². The first-order valence-corrected chi connectivity index (χ1v) is 6.82. The molecule has 0 amide bonds. The Morgan fingerprint density at radius 1 is 1.35 bits per heavy atom. The van der Waals surface area contributed by atoms with Crippen LogP contribution in [0.2, 0.25) is 5.02 Å². The van der Waals surface area contributed by atoms with Crippen molar-refractivity contribution in [3.05, 3.63) is 46.3 Å². The van der Waals surface area contributed by atoms with Crippen LogP contribution in [0.15, 0.2) is 22.7 Å². The van der Waals surface area contributed by atoms with Crippen molar-refractivity contribution in [3.8, 4) is 0 Å². The summed E-state index contributed by atoms with van der Waals surface area (Å²) in [4.78, 5) is 4.36. The molecular weight excluding hydrogens is 304 g/mol. The Labute approximate surface area is 124 Å². The molecule has 0 spiro atoms. The van der Waals surface area contributed by atoms with Crippen molar-refractivity contribution in [1.82, 2.24) is 14.7 Å². The Hall–Kier alpha value is -1.59. The molecule has 0 radical (unpaired) electrons. The number of alkyl halides is 1. The van der Waals surface area contributed by atoms with E-state index in [1.54, 1.807) is 4.57 Å². The second kappa shape index (κ2) is 5.07. The molecule has 0 bridgehead atoms. The first-order chi connectivity index (χ1) is 9.58. The largest absolute Gasteiger partial charge is 0.361 e. The molecule has 1 aromatic carbocycles. The molecule has 2 heterocycles. The highest BCUT2D eigenvalue weighted by atomic mass is 35.5. The standard InChI is InChI=1S/C13H10Cl2FN3O/c1-7-2-8(18-20-7)6-19-12-4-10(16)9(15)3-11(12)17-13(19)5-14/h2-4H,5-6H2,1H3. The van der Waals surface area contributed by atoms with Gasteiger partial charge in [-0.1, -0.05) is 16.8 Å². The van der Waals surface area contributed by atoms with Gasteiger partial charge in [-0.05, 0) is 13.0 Å². The van der Waals surface area contributed by atoms with Crippen molar-refractivity contribution in [2.45, 2.75) is 19.3 Å². The summed E-state index contributed by atoms with van der Waals surface area (Å²) in [6, 6.07) is 4.66. The van der Waals surface area contributed by atoms with Crippen molar-refractivity contribution < 1.29 is 8.91 Å². The van der Waals surface area contributed by atoms with E-state index in [2.05, 4.69) is 10.1 Å². The van der Waals surface area contributed by atoms with Crippen LogP contribution in [0.1, 0.15) is 17.3 Å². The lowest BCUT2D eigenvalue weighted by Gasteiger charge is -2.05. The molecule has 0 aliphatic carbocycles. The molecule has 0 unspecified atom stereocenters. The number of imidazole rings is 1. The van der Waals surface area contributed by atoms with Crippen LogP contribution >= 0.6 is 23.2 Å². The normalized spacial score (nSPS) is 11.4. The molecule has 20 heavy (non-hydrogen) atoms. The second-order valence-electron chi connectivity index (χ2n) is 4.43. The summed E-state index contributed by atoms with van der Waals surface area (Å²) in [5.41, 5.74) is 1.96. The van der Waals surface area contributed by atoms with E-state index in [1.165, 1.54) is 12.1 Å². The molecule has 2 aromatic heterocycles. The van der Waals surface area contributed by atoms with Crippen LogP contribution in [0, 0.1) is 12.7 Å². The molecule has 0 saturated carbocycles. The number of hydrogen-bond donors (Lipinski definition) is 0. The zero-order chi connectivity index (χ0) is 14.3. The molecule has 0 atom stereocenters. The smallest absolute Gasteiger partial charge is 0.144 e. The van der Waals surface area contributed by atoms with E-state index in [1.807, 2.05) is 13.0 Å². The highest BCUT2D eigenvalue weighted by Gasteiger charge is 2.14. The maximum atomic E-state index is 13.6. The molecule has 7 heteroatoms. The second-order valence-corrected chi connectivity index (χ2v) is 5.11. The van der Waals surface area contributed by atoms with Crippen molar-refractivity contribution in [2.24, 2.45) is 0 Å². The molecule has 0 fully saturated rings. The molecule has 0 aliphatic rings. The molecule has 104 valence electrons. The van der Waals surface area contributed by atoms with Gasteiger partial charge >= 0.3 is 0 Å². The summed E-state index contributed by atoms with van der Waals surface area (Å²) in [6.07, 6.45) is 0. The summed E-state index contributed by atoms with van der Waals surface area (Å²) in [5, 5.41) is 3.97. The highest BCUT2D eigenvalue weighted by molar-refractivity contribution is 6.31. The predicted octanol–water partition coefficient (Wildman–Crippen LogP) is 3.91. The van der Waals surface area contributed by atoms with E-state index in [0.29, 0.717) is 29.2 Å². The Kier molecular flexibility index (Phi) is 3.40. The minimum Gasteiger partial charge on any atom is -0.361 e. The fraction of sp³-hybridized carbons (Fsp3) is 0.231. The molecule has 0 N–H and O–H groups in total. The fourth-order valence-electron chi connectivity index (χ4n) is 2.10. The van der Waals surface area contributed by atoms with Gasteiger partial charge in [0.25, 0.3) is 0 Å². The van der Waals surface area contributed by atoms with E-state index in [0.717, 1.165) is 5.69 Å². The van der Waals surface area contributed by atoms with Gasteiger partial charge in [-0.3, -0.25) is 0 Å².